The van der Waals surface area contributed by atoms with E-state index in [1.54, 1.807) is 21.6 Å². The molecule has 2 aromatic heterocycles. The SMILES string of the molecule is Cc1c(C(=O)C=Cc2cnn(C)c2)nnn1-c1ccccc1. The summed E-state index contributed by atoms with van der Waals surface area (Å²) in [6.45, 7) is 1.83. The summed E-state index contributed by atoms with van der Waals surface area (Å²) in [6, 6.07) is 9.60. The summed E-state index contributed by atoms with van der Waals surface area (Å²) in [4.78, 5) is 12.3. The normalized spacial score (nSPS) is 11.2. The van der Waals surface area contributed by atoms with Crippen LogP contribution in [0, 0.1) is 6.92 Å². The van der Waals surface area contributed by atoms with Crippen molar-refractivity contribution in [3.05, 3.63) is 65.8 Å². The Kier molecular flexibility index (Phi) is 3.65. The Balaban J connectivity index is 1.85. The molecule has 0 aliphatic rings. The fraction of sp³-hybridized carbons (Fsp3) is 0.125. The van der Waals surface area contributed by atoms with Crippen LogP contribution in [0.2, 0.25) is 0 Å². The number of benzene rings is 1. The minimum Gasteiger partial charge on any atom is -0.287 e. The molecule has 0 spiro atoms. The van der Waals surface area contributed by atoms with Crippen molar-refractivity contribution in [3.8, 4) is 5.69 Å². The summed E-state index contributed by atoms with van der Waals surface area (Å²) in [5.74, 6) is -0.177. The van der Waals surface area contributed by atoms with Crippen molar-refractivity contribution >= 4 is 11.9 Å². The summed E-state index contributed by atoms with van der Waals surface area (Å²) >= 11 is 0. The van der Waals surface area contributed by atoms with Crippen molar-refractivity contribution in [3.63, 3.8) is 0 Å². The Morgan fingerprint density at radius 3 is 2.68 bits per heavy atom. The second kappa shape index (κ2) is 5.77. The molecule has 0 bridgehead atoms. The van der Waals surface area contributed by atoms with E-state index in [-0.39, 0.29) is 5.78 Å². The van der Waals surface area contributed by atoms with E-state index in [4.69, 9.17) is 0 Å². The van der Waals surface area contributed by atoms with E-state index in [9.17, 15) is 4.79 Å². The van der Waals surface area contributed by atoms with Gasteiger partial charge in [0.15, 0.2) is 5.69 Å². The van der Waals surface area contributed by atoms with Crippen LogP contribution >= 0.6 is 0 Å². The van der Waals surface area contributed by atoms with Gasteiger partial charge in [-0.15, -0.1) is 5.10 Å². The molecule has 3 rings (SSSR count). The van der Waals surface area contributed by atoms with E-state index in [2.05, 4.69) is 15.4 Å². The molecule has 0 unspecified atom stereocenters. The molecule has 0 saturated heterocycles. The third kappa shape index (κ3) is 2.71. The minimum absolute atomic E-state index is 0.177. The van der Waals surface area contributed by atoms with Gasteiger partial charge in [-0.3, -0.25) is 9.48 Å². The summed E-state index contributed by atoms with van der Waals surface area (Å²) < 4.78 is 3.34. The fourth-order valence-corrected chi connectivity index (χ4v) is 2.15. The van der Waals surface area contributed by atoms with E-state index >= 15 is 0 Å². The number of carbonyl (C=O) groups excluding carboxylic acids is 1. The van der Waals surface area contributed by atoms with Crippen LogP contribution < -0.4 is 0 Å². The summed E-state index contributed by atoms with van der Waals surface area (Å²) in [5, 5.41) is 12.1. The molecule has 0 fully saturated rings. The van der Waals surface area contributed by atoms with E-state index in [1.165, 1.54) is 6.08 Å². The molecule has 6 heteroatoms. The molecule has 0 radical (unpaired) electrons. The number of allylic oxidation sites excluding steroid dienone is 1. The van der Waals surface area contributed by atoms with Gasteiger partial charge in [0.05, 0.1) is 17.6 Å². The summed E-state index contributed by atoms with van der Waals surface area (Å²) in [7, 11) is 1.83. The van der Waals surface area contributed by atoms with Gasteiger partial charge in [-0.2, -0.15) is 5.10 Å². The van der Waals surface area contributed by atoms with E-state index in [0.717, 1.165) is 11.3 Å². The first-order valence-corrected chi connectivity index (χ1v) is 6.84. The predicted molar refractivity (Wildman–Crippen MR) is 82.7 cm³/mol. The third-order valence-corrected chi connectivity index (χ3v) is 3.28. The topological polar surface area (TPSA) is 65.6 Å². The largest absolute Gasteiger partial charge is 0.287 e. The molecular formula is C16H15N5O. The molecule has 2 heterocycles. The maximum absolute atomic E-state index is 12.3. The zero-order valence-corrected chi connectivity index (χ0v) is 12.3. The number of para-hydroxylation sites is 1. The monoisotopic (exact) mass is 293 g/mol. The second-order valence-corrected chi connectivity index (χ2v) is 4.92. The first-order chi connectivity index (χ1) is 10.6. The van der Waals surface area contributed by atoms with Crippen LogP contribution in [0.5, 0.6) is 0 Å². The number of rotatable bonds is 4. The molecular weight excluding hydrogens is 278 g/mol. The second-order valence-electron chi connectivity index (χ2n) is 4.92. The standard InChI is InChI=1S/C16H15N5O/c1-12-16(15(22)9-8-13-10-17-20(2)11-13)18-19-21(12)14-6-4-3-5-7-14/h3-11H,1-2H3. The van der Waals surface area contributed by atoms with Gasteiger partial charge in [-0.1, -0.05) is 23.4 Å². The van der Waals surface area contributed by atoms with Crippen molar-refractivity contribution in [1.82, 2.24) is 24.8 Å². The number of nitrogens with zero attached hydrogens (tertiary/aromatic N) is 5. The van der Waals surface area contributed by atoms with Crippen LogP contribution in [-0.2, 0) is 7.05 Å². The zero-order chi connectivity index (χ0) is 15.5. The molecule has 0 amide bonds. The first-order valence-electron chi connectivity index (χ1n) is 6.84. The maximum Gasteiger partial charge on any atom is 0.208 e. The number of aromatic nitrogens is 5. The number of ketones is 1. The highest BCUT2D eigenvalue weighted by molar-refractivity contribution is 6.06. The smallest absolute Gasteiger partial charge is 0.208 e. The van der Waals surface area contributed by atoms with Gasteiger partial charge in [0.2, 0.25) is 5.78 Å². The molecule has 6 nitrogen and oxygen atoms in total. The molecule has 0 aliphatic heterocycles. The highest BCUT2D eigenvalue weighted by atomic mass is 16.1. The molecule has 1 aromatic carbocycles. The van der Waals surface area contributed by atoms with Crippen molar-refractivity contribution in [1.29, 1.82) is 0 Å². The van der Waals surface area contributed by atoms with Crippen LogP contribution in [0.25, 0.3) is 11.8 Å². The number of carbonyl (C=O) groups is 1. The van der Waals surface area contributed by atoms with Gasteiger partial charge < -0.3 is 0 Å². The quantitative estimate of drug-likeness (QED) is 0.546. The lowest BCUT2D eigenvalue weighted by Gasteiger charge is -2.01. The van der Waals surface area contributed by atoms with E-state index in [0.29, 0.717) is 11.4 Å². The number of hydrogen-bond donors (Lipinski definition) is 0. The van der Waals surface area contributed by atoms with Gasteiger partial charge in [0.25, 0.3) is 0 Å². The highest BCUT2D eigenvalue weighted by Crippen LogP contribution is 2.13. The number of hydrogen-bond acceptors (Lipinski definition) is 4. The Bertz CT molecular complexity index is 829. The molecule has 3 aromatic rings. The van der Waals surface area contributed by atoms with Crippen LogP contribution in [0.3, 0.4) is 0 Å². The predicted octanol–water partition coefficient (Wildman–Crippen LogP) is 2.21. The van der Waals surface area contributed by atoms with Crippen molar-refractivity contribution in [2.24, 2.45) is 7.05 Å². The van der Waals surface area contributed by atoms with Crippen LogP contribution in [0.15, 0.2) is 48.8 Å². The highest BCUT2D eigenvalue weighted by Gasteiger charge is 2.15. The maximum atomic E-state index is 12.3. The van der Waals surface area contributed by atoms with Gasteiger partial charge >= 0.3 is 0 Å². The molecule has 110 valence electrons. The van der Waals surface area contributed by atoms with Crippen LogP contribution in [0.4, 0.5) is 0 Å². The van der Waals surface area contributed by atoms with Crippen molar-refractivity contribution in [2.45, 2.75) is 6.92 Å². The van der Waals surface area contributed by atoms with E-state index < -0.39 is 0 Å². The van der Waals surface area contributed by atoms with Gasteiger partial charge in [0, 0.05) is 18.8 Å². The molecule has 0 atom stereocenters. The summed E-state index contributed by atoms with van der Waals surface area (Å²) in [5.41, 5.74) is 2.81. The van der Waals surface area contributed by atoms with Gasteiger partial charge in [-0.25, -0.2) is 4.68 Å². The third-order valence-electron chi connectivity index (χ3n) is 3.28. The molecule has 0 saturated carbocycles. The summed E-state index contributed by atoms with van der Waals surface area (Å²) in [6.07, 6.45) is 6.73. The molecule has 0 N–H and O–H groups in total. The minimum atomic E-state index is -0.177. The lowest BCUT2D eigenvalue weighted by Crippen LogP contribution is -2.01. The number of aryl methyl sites for hydroxylation is 1. The Morgan fingerprint density at radius 2 is 2.00 bits per heavy atom. The lowest BCUT2D eigenvalue weighted by molar-refractivity contribution is 0.104. The molecule has 22 heavy (non-hydrogen) atoms. The first kappa shape index (κ1) is 13.9. The average molecular weight is 293 g/mol. The van der Waals surface area contributed by atoms with E-state index in [1.807, 2.05) is 50.5 Å². The average Bonchev–Trinajstić information content (AvgIpc) is 3.12. The zero-order valence-electron chi connectivity index (χ0n) is 12.3. The van der Waals surface area contributed by atoms with Crippen molar-refractivity contribution in [2.75, 3.05) is 0 Å². The lowest BCUT2D eigenvalue weighted by atomic mass is 10.2. The Morgan fingerprint density at radius 1 is 1.23 bits per heavy atom. The Labute approximate surface area is 127 Å². The molecule has 0 aliphatic carbocycles. The van der Waals surface area contributed by atoms with Crippen molar-refractivity contribution < 1.29 is 4.79 Å². The van der Waals surface area contributed by atoms with Gasteiger partial charge in [0.1, 0.15) is 0 Å². The fourth-order valence-electron chi connectivity index (χ4n) is 2.15. The Hall–Kier alpha value is -3.02. The van der Waals surface area contributed by atoms with Crippen LogP contribution in [0.1, 0.15) is 21.7 Å². The van der Waals surface area contributed by atoms with Gasteiger partial charge in [-0.05, 0) is 31.2 Å². The van der Waals surface area contributed by atoms with Crippen LogP contribution in [-0.4, -0.2) is 30.6 Å².